The molecule has 0 aromatic carbocycles. The molecular weight excluding hydrogens is 411 g/mol. The van der Waals surface area contributed by atoms with E-state index >= 15 is 0 Å². The number of nitrogens with zero attached hydrogens (tertiary/aromatic N) is 1. The second kappa shape index (κ2) is 5.61. The molecule has 1 aromatic heterocycles. The maximum atomic E-state index is 12.8. The molecule has 11 heteroatoms. The highest BCUT2D eigenvalue weighted by Crippen LogP contribution is 2.39. The fourth-order valence-corrected chi connectivity index (χ4v) is 2.10. The second-order valence-corrected chi connectivity index (χ2v) is 4.54. The van der Waals surface area contributed by atoms with E-state index in [0.29, 0.717) is 6.20 Å². The number of carbonyl (C=O) groups is 1. The maximum Gasteiger partial charge on any atom is 0.574 e. The normalized spacial score (nSPS) is 12.3. The Balaban J connectivity index is 3.49. The number of hydrogen-bond acceptors (Lipinski definition) is 3. The average molecular weight is 415 g/mol. The molecule has 0 saturated carbocycles. The maximum absolute atomic E-state index is 12.8. The van der Waals surface area contributed by atoms with Gasteiger partial charge in [-0.2, -0.15) is 13.2 Å². The number of carboxylic acids is 1. The predicted molar refractivity (Wildman–Crippen MR) is 60.0 cm³/mol. The molecule has 1 rings (SSSR count). The molecule has 0 bridgehead atoms. The summed E-state index contributed by atoms with van der Waals surface area (Å²) >= 11 is 1.20. The van der Waals surface area contributed by atoms with Crippen LogP contribution in [0.25, 0.3) is 0 Å². The minimum Gasteiger partial charge on any atom is -0.481 e. The van der Waals surface area contributed by atoms with Gasteiger partial charge in [0.25, 0.3) is 0 Å². The Labute approximate surface area is 120 Å². The van der Waals surface area contributed by atoms with Crippen LogP contribution in [0.2, 0.25) is 0 Å². The van der Waals surface area contributed by atoms with Crippen LogP contribution in [0.15, 0.2) is 6.20 Å². The number of aliphatic carboxylic acids is 1. The molecule has 0 radical (unpaired) electrons. The monoisotopic (exact) mass is 415 g/mol. The Hall–Kier alpha value is -1.27. The standard InChI is InChI=1S/C9H4F6INO3/c10-8(11,12)6-3(1-5(18)19)7(17-2-4(6)16)20-9(13,14)15/h2H,1H2,(H,18,19). The van der Waals surface area contributed by atoms with E-state index in [0.717, 1.165) is 0 Å². The van der Waals surface area contributed by atoms with Gasteiger partial charge in [-0.25, -0.2) is 4.98 Å². The van der Waals surface area contributed by atoms with E-state index in [1.165, 1.54) is 22.6 Å². The van der Waals surface area contributed by atoms with E-state index in [-0.39, 0.29) is 0 Å². The van der Waals surface area contributed by atoms with Crippen molar-refractivity contribution < 1.29 is 41.0 Å². The van der Waals surface area contributed by atoms with Gasteiger partial charge in [0.1, 0.15) is 0 Å². The minimum atomic E-state index is -5.28. The third kappa shape index (κ3) is 4.38. The quantitative estimate of drug-likeness (QED) is 0.609. The molecule has 20 heavy (non-hydrogen) atoms. The Kier molecular flexibility index (Phi) is 4.71. The Bertz CT molecular complexity index is 528. The van der Waals surface area contributed by atoms with Crippen LogP contribution < -0.4 is 4.74 Å². The van der Waals surface area contributed by atoms with Crippen LogP contribution in [0.3, 0.4) is 0 Å². The second-order valence-electron chi connectivity index (χ2n) is 3.38. The van der Waals surface area contributed by atoms with Gasteiger partial charge in [0.05, 0.1) is 12.0 Å². The number of halogens is 7. The summed E-state index contributed by atoms with van der Waals surface area (Å²) in [5.41, 5.74) is -2.68. The van der Waals surface area contributed by atoms with Crippen LogP contribution in [-0.2, 0) is 17.4 Å². The van der Waals surface area contributed by atoms with Crippen molar-refractivity contribution in [2.75, 3.05) is 0 Å². The van der Waals surface area contributed by atoms with Crippen LogP contribution >= 0.6 is 22.6 Å². The zero-order valence-electron chi connectivity index (χ0n) is 9.14. The molecule has 4 nitrogen and oxygen atoms in total. The molecule has 0 aliphatic carbocycles. The first kappa shape index (κ1) is 16.8. The molecule has 112 valence electrons. The molecule has 1 aromatic rings. The third-order valence-corrected chi connectivity index (χ3v) is 2.74. The Morgan fingerprint density at radius 1 is 1.30 bits per heavy atom. The van der Waals surface area contributed by atoms with Gasteiger partial charge in [-0.15, -0.1) is 13.2 Å². The molecule has 0 aliphatic heterocycles. The molecule has 1 N–H and O–H groups in total. The number of rotatable bonds is 3. The summed E-state index contributed by atoms with van der Waals surface area (Å²) in [6.45, 7) is 0. The van der Waals surface area contributed by atoms with Gasteiger partial charge < -0.3 is 9.84 Å². The van der Waals surface area contributed by atoms with Crippen LogP contribution in [0, 0.1) is 3.57 Å². The highest BCUT2D eigenvalue weighted by Gasteiger charge is 2.41. The van der Waals surface area contributed by atoms with E-state index < -0.39 is 45.5 Å². The van der Waals surface area contributed by atoms with Crippen LogP contribution in [0.1, 0.15) is 11.1 Å². The third-order valence-electron chi connectivity index (χ3n) is 1.92. The lowest BCUT2D eigenvalue weighted by atomic mass is 10.1. The zero-order chi connectivity index (χ0) is 15.7. The number of hydrogen-bond donors (Lipinski definition) is 1. The first-order chi connectivity index (χ1) is 8.92. The van der Waals surface area contributed by atoms with E-state index in [2.05, 4.69) is 9.72 Å². The number of pyridine rings is 1. The van der Waals surface area contributed by atoms with Crippen molar-refractivity contribution in [3.8, 4) is 5.88 Å². The number of aromatic nitrogens is 1. The summed E-state index contributed by atoms with van der Waals surface area (Å²) in [6.07, 6.45) is -11.1. The SMILES string of the molecule is O=C(O)Cc1c(OC(F)(F)F)ncc(I)c1C(F)(F)F. The topological polar surface area (TPSA) is 59.4 Å². The molecule has 0 amide bonds. The van der Waals surface area contributed by atoms with E-state index in [4.69, 9.17) is 5.11 Å². The number of alkyl halides is 6. The molecule has 0 aliphatic rings. The van der Waals surface area contributed by atoms with Crippen molar-refractivity contribution in [3.05, 3.63) is 20.9 Å². The van der Waals surface area contributed by atoms with Crippen molar-refractivity contribution in [3.63, 3.8) is 0 Å². The summed E-state index contributed by atoms with van der Waals surface area (Å²) < 4.78 is 77.5. The molecule has 0 spiro atoms. The largest absolute Gasteiger partial charge is 0.574 e. The Morgan fingerprint density at radius 3 is 2.25 bits per heavy atom. The Morgan fingerprint density at radius 2 is 1.85 bits per heavy atom. The fourth-order valence-electron chi connectivity index (χ4n) is 1.33. The van der Waals surface area contributed by atoms with Gasteiger partial charge >= 0.3 is 18.5 Å². The lowest BCUT2D eigenvalue weighted by Crippen LogP contribution is -2.22. The molecule has 0 fully saturated rings. The van der Waals surface area contributed by atoms with Crippen LogP contribution in [-0.4, -0.2) is 22.4 Å². The number of carboxylic acid groups (broad SMARTS) is 1. The minimum absolute atomic E-state index is 0.524. The van der Waals surface area contributed by atoms with Gasteiger partial charge in [0.15, 0.2) is 0 Å². The van der Waals surface area contributed by atoms with E-state index in [9.17, 15) is 31.1 Å². The van der Waals surface area contributed by atoms with E-state index in [1.54, 1.807) is 0 Å². The van der Waals surface area contributed by atoms with Crippen molar-refractivity contribution in [2.24, 2.45) is 0 Å². The van der Waals surface area contributed by atoms with Crippen molar-refractivity contribution in [1.82, 2.24) is 4.98 Å². The van der Waals surface area contributed by atoms with Gasteiger partial charge in [-0.1, -0.05) is 0 Å². The highest BCUT2D eigenvalue weighted by molar-refractivity contribution is 14.1. The fraction of sp³-hybridized carbons (Fsp3) is 0.333. The molecule has 1 heterocycles. The van der Waals surface area contributed by atoms with Gasteiger partial charge in [0, 0.05) is 15.3 Å². The number of ether oxygens (including phenoxy) is 1. The lowest BCUT2D eigenvalue weighted by molar-refractivity contribution is -0.276. The van der Waals surface area contributed by atoms with E-state index in [1.807, 2.05) is 0 Å². The molecule has 0 atom stereocenters. The highest BCUT2D eigenvalue weighted by atomic mass is 127. The van der Waals surface area contributed by atoms with Crippen molar-refractivity contribution >= 4 is 28.6 Å². The molecular formula is C9H4F6INO3. The summed E-state index contributed by atoms with van der Waals surface area (Å²) in [7, 11) is 0. The van der Waals surface area contributed by atoms with Gasteiger partial charge in [-0.3, -0.25) is 4.79 Å². The van der Waals surface area contributed by atoms with Crippen molar-refractivity contribution in [1.29, 1.82) is 0 Å². The summed E-state index contributed by atoms with van der Waals surface area (Å²) in [5, 5.41) is 8.54. The summed E-state index contributed by atoms with van der Waals surface area (Å²) in [6, 6.07) is 0. The first-order valence-corrected chi connectivity index (χ1v) is 5.72. The van der Waals surface area contributed by atoms with Gasteiger partial charge in [-0.05, 0) is 22.6 Å². The van der Waals surface area contributed by atoms with Crippen LogP contribution in [0.4, 0.5) is 26.3 Å². The predicted octanol–water partition coefficient (Wildman–Crippen LogP) is 3.23. The zero-order valence-corrected chi connectivity index (χ0v) is 11.3. The average Bonchev–Trinajstić information content (AvgIpc) is 2.17. The first-order valence-electron chi connectivity index (χ1n) is 4.64. The molecule has 0 saturated heterocycles. The summed E-state index contributed by atoms with van der Waals surface area (Å²) in [4.78, 5) is 13.6. The lowest BCUT2D eigenvalue weighted by Gasteiger charge is -2.17. The smallest absolute Gasteiger partial charge is 0.481 e. The molecule has 0 unspecified atom stereocenters. The van der Waals surface area contributed by atoms with Crippen molar-refractivity contribution in [2.45, 2.75) is 19.0 Å². The van der Waals surface area contributed by atoms with Gasteiger partial charge in [0.2, 0.25) is 5.88 Å². The summed E-state index contributed by atoms with van der Waals surface area (Å²) in [5.74, 6) is -3.17. The van der Waals surface area contributed by atoms with Crippen LogP contribution in [0.5, 0.6) is 5.88 Å².